The van der Waals surface area contributed by atoms with Gasteiger partial charge in [0.1, 0.15) is 18.1 Å². The van der Waals surface area contributed by atoms with Gasteiger partial charge in [-0.1, -0.05) is 57.2 Å². The van der Waals surface area contributed by atoms with E-state index in [2.05, 4.69) is 80.2 Å². The molecule has 162 valence electrons. The number of nitrogens with one attached hydrogen (secondary N) is 1. The van der Waals surface area contributed by atoms with Crippen LogP contribution in [0.5, 0.6) is 5.75 Å². The van der Waals surface area contributed by atoms with Crippen LogP contribution in [0.15, 0.2) is 66.2 Å². The van der Waals surface area contributed by atoms with Crippen LogP contribution in [0.3, 0.4) is 0 Å². The third-order valence-corrected chi connectivity index (χ3v) is 5.91. The van der Waals surface area contributed by atoms with Gasteiger partial charge in [0.15, 0.2) is 11.4 Å². The summed E-state index contributed by atoms with van der Waals surface area (Å²) in [5, 5.41) is 5.90. The zero-order chi connectivity index (χ0) is 22.1. The van der Waals surface area contributed by atoms with Crippen LogP contribution in [0.4, 0.5) is 5.82 Å². The Morgan fingerprint density at radius 1 is 0.968 bits per heavy atom. The van der Waals surface area contributed by atoms with Crippen molar-refractivity contribution in [3.8, 4) is 16.3 Å². The second kappa shape index (κ2) is 8.39. The zero-order valence-corrected chi connectivity index (χ0v) is 19.8. The molecular formula is C26H31N3OS. The fraction of sp³-hybridized carbons (Fsp3) is 0.346. The van der Waals surface area contributed by atoms with E-state index in [0.717, 1.165) is 39.8 Å². The number of hydrogen-bond acceptors (Lipinski definition) is 4. The maximum atomic E-state index is 6.19. The molecule has 0 radical (unpaired) electrons. The molecule has 3 heterocycles. The quantitative estimate of drug-likeness (QED) is 0.333. The minimum Gasteiger partial charge on any atom is -0.485 e. The van der Waals surface area contributed by atoms with Crippen molar-refractivity contribution in [1.29, 1.82) is 0 Å². The molecule has 0 atom stereocenters. The molecule has 0 aliphatic rings. The standard InChI is InChI=1S/C26H31N3OS/c1-25(2,3)18-26(4,5)28-24-22(21-14-10-16-31-21)27-23-20(13-9-15-29(23)24)30-17-19-11-7-6-8-12-19/h6-16,28H,17-18H2,1-5H3. The van der Waals surface area contributed by atoms with E-state index >= 15 is 0 Å². The van der Waals surface area contributed by atoms with E-state index in [1.807, 2.05) is 30.3 Å². The van der Waals surface area contributed by atoms with Crippen LogP contribution in [0.2, 0.25) is 0 Å². The van der Waals surface area contributed by atoms with Crippen molar-refractivity contribution in [3.63, 3.8) is 0 Å². The maximum absolute atomic E-state index is 6.19. The molecule has 4 nitrogen and oxygen atoms in total. The highest BCUT2D eigenvalue weighted by atomic mass is 32.1. The number of imidazole rings is 1. The van der Waals surface area contributed by atoms with Crippen LogP contribution >= 0.6 is 11.3 Å². The van der Waals surface area contributed by atoms with Crippen molar-refractivity contribution >= 4 is 22.8 Å². The molecule has 0 bridgehead atoms. The number of pyridine rings is 1. The minimum atomic E-state index is -0.0961. The number of hydrogen-bond donors (Lipinski definition) is 1. The normalized spacial score (nSPS) is 12.3. The molecule has 4 rings (SSSR count). The van der Waals surface area contributed by atoms with Crippen LogP contribution in [-0.2, 0) is 6.61 Å². The summed E-state index contributed by atoms with van der Waals surface area (Å²) in [6.45, 7) is 11.9. The zero-order valence-electron chi connectivity index (χ0n) is 19.0. The number of anilines is 1. The highest BCUT2D eigenvalue weighted by Gasteiger charge is 2.28. The Morgan fingerprint density at radius 3 is 2.42 bits per heavy atom. The smallest absolute Gasteiger partial charge is 0.182 e. The molecule has 0 amide bonds. The third kappa shape index (κ3) is 5.10. The summed E-state index contributed by atoms with van der Waals surface area (Å²) in [6.07, 6.45) is 3.09. The fourth-order valence-electron chi connectivity index (χ4n) is 4.29. The van der Waals surface area contributed by atoms with E-state index in [-0.39, 0.29) is 11.0 Å². The summed E-state index contributed by atoms with van der Waals surface area (Å²) in [5.41, 5.74) is 3.05. The lowest BCUT2D eigenvalue weighted by molar-refractivity contribution is 0.301. The fourth-order valence-corrected chi connectivity index (χ4v) is 5.00. The molecule has 0 spiro atoms. The average molecular weight is 434 g/mol. The van der Waals surface area contributed by atoms with Gasteiger partial charge in [-0.15, -0.1) is 11.3 Å². The number of ether oxygens (including phenoxy) is 1. The number of thiophene rings is 1. The molecular weight excluding hydrogens is 402 g/mol. The average Bonchev–Trinajstić information content (AvgIpc) is 3.33. The first-order valence-corrected chi connectivity index (χ1v) is 11.6. The summed E-state index contributed by atoms with van der Waals surface area (Å²) in [6, 6.07) is 18.4. The first kappa shape index (κ1) is 21.4. The van der Waals surface area contributed by atoms with Crippen molar-refractivity contribution < 1.29 is 4.74 Å². The molecule has 3 aromatic heterocycles. The van der Waals surface area contributed by atoms with Gasteiger partial charge >= 0.3 is 0 Å². The second-order valence-corrected chi connectivity index (χ2v) is 10.8. The van der Waals surface area contributed by atoms with Crippen LogP contribution in [0, 0.1) is 5.41 Å². The highest BCUT2D eigenvalue weighted by Crippen LogP contribution is 2.38. The lowest BCUT2D eigenvalue weighted by Gasteiger charge is -2.34. The Hall–Kier alpha value is -2.79. The first-order valence-electron chi connectivity index (χ1n) is 10.7. The van der Waals surface area contributed by atoms with Gasteiger partial charge in [-0.25, -0.2) is 4.98 Å². The Kier molecular flexibility index (Phi) is 5.80. The number of aromatic nitrogens is 2. The van der Waals surface area contributed by atoms with Gasteiger partial charge in [-0.2, -0.15) is 0 Å². The van der Waals surface area contributed by atoms with Crippen LogP contribution in [-0.4, -0.2) is 14.9 Å². The van der Waals surface area contributed by atoms with Gasteiger partial charge < -0.3 is 10.1 Å². The van der Waals surface area contributed by atoms with Crippen molar-refractivity contribution in [2.75, 3.05) is 5.32 Å². The Balaban J connectivity index is 1.74. The van der Waals surface area contributed by atoms with Gasteiger partial charge in [0.2, 0.25) is 0 Å². The van der Waals surface area contributed by atoms with E-state index in [9.17, 15) is 0 Å². The minimum absolute atomic E-state index is 0.0961. The van der Waals surface area contributed by atoms with E-state index in [1.54, 1.807) is 11.3 Å². The van der Waals surface area contributed by atoms with Crippen LogP contribution < -0.4 is 10.1 Å². The lowest BCUT2D eigenvalue weighted by atomic mass is 9.82. The molecule has 1 aromatic carbocycles. The molecule has 0 saturated carbocycles. The molecule has 0 aliphatic heterocycles. The summed E-state index contributed by atoms with van der Waals surface area (Å²) in [5.74, 6) is 1.79. The third-order valence-electron chi connectivity index (χ3n) is 5.04. The maximum Gasteiger partial charge on any atom is 0.182 e. The number of benzene rings is 1. The molecule has 0 fully saturated rings. The highest BCUT2D eigenvalue weighted by molar-refractivity contribution is 7.13. The predicted octanol–water partition coefficient (Wildman–Crippen LogP) is 7.27. The second-order valence-electron chi connectivity index (χ2n) is 9.87. The molecule has 0 aliphatic carbocycles. The summed E-state index contributed by atoms with van der Waals surface area (Å²) in [4.78, 5) is 6.18. The monoisotopic (exact) mass is 433 g/mol. The van der Waals surface area contributed by atoms with Crippen LogP contribution in [0.25, 0.3) is 16.2 Å². The van der Waals surface area contributed by atoms with Crippen LogP contribution in [0.1, 0.15) is 46.6 Å². The molecule has 5 heteroatoms. The molecule has 1 N–H and O–H groups in total. The number of nitrogens with zero attached hydrogens (tertiary/aromatic N) is 2. The van der Waals surface area contributed by atoms with Gasteiger partial charge in [-0.05, 0) is 54.8 Å². The van der Waals surface area contributed by atoms with Crippen molar-refractivity contribution in [3.05, 3.63) is 71.7 Å². The van der Waals surface area contributed by atoms with Gasteiger partial charge in [-0.3, -0.25) is 4.40 Å². The van der Waals surface area contributed by atoms with E-state index in [1.165, 1.54) is 0 Å². The summed E-state index contributed by atoms with van der Waals surface area (Å²) < 4.78 is 8.32. The van der Waals surface area contributed by atoms with Gasteiger partial charge in [0.25, 0.3) is 0 Å². The van der Waals surface area contributed by atoms with E-state index in [4.69, 9.17) is 9.72 Å². The van der Waals surface area contributed by atoms with Crippen molar-refractivity contribution in [2.24, 2.45) is 5.41 Å². The van der Waals surface area contributed by atoms with Gasteiger partial charge in [0.05, 0.1) is 4.88 Å². The lowest BCUT2D eigenvalue weighted by Crippen LogP contribution is -2.36. The Morgan fingerprint density at radius 2 is 1.74 bits per heavy atom. The first-order chi connectivity index (χ1) is 14.7. The molecule has 4 aromatic rings. The summed E-state index contributed by atoms with van der Waals surface area (Å²) >= 11 is 1.70. The predicted molar refractivity (Wildman–Crippen MR) is 131 cm³/mol. The van der Waals surface area contributed by atoms with Crippen molar-refractivity contribution in [1.82, 2.24) is 9.38 Å². The summed E-state index contributed by atoms with van der Waals surface area (Å²) in [7, 11) is 0. The molecule has 0 unspecified atom stereocenters. The SMILES string of the molecule is CC(C)(C)CC(C)(C)Nc1c(-c2cccs2)nc2c(OCc3ccccc3)cccn12. The Bertz CT molecular complexity index is 1140. The topological polar surface area (TPSA) is 38.6 Å². The molecule has 31 heavy (non-hydrogen) atoms. The number of rotatable bonds is 7. The number of fused-ring (bicyclic) bond motifs is 1. The molecule has 0 saturated heterocycles. The Labute approximate surface area is 188 Å². The van der Waals surface area contributed by atoms with E-state index in [0.29, 0.717) is 6.61 Å². The van der Waals surface area contributed by atoms with E-state index < -0.39 is 0 Å². The largest absolute Gasteiger partial charge is 0.485 e. The van der Waals surface area contributed by atoms with Gasteiger partial charge in [0, 0.05) is 11.7 Å². The van der Waals surface area contributed by atoms with Crippen molar-refractivity contribution in [2.45, 2.75) is 53.2 Å².